The van der Waals surface area contributed by atoms with E-state index >= 15 is 0 Å². The van der Waals surface area contributed by atoms with Crippen LogP contribution in [0.5, 0.6) is 0 Å². The van der Waals surface area contributed by atoms with Gasteiger partial charge in [0.2, 0.25) is 0 Å². The molecule has 0 saturated heterocycles. The van der Waals surface area contributed by atoms with Crippen LogP contribution in [-0.4, -0.2) is 17.6 Å². The van der Waals surface area contributed by atoms with E-state index in [1.165, 1.54) is 5.32 Å². The van der Waals surface area contributed by atoms with Crippen LogP contribution in [0, 0.1) is 0 Å². The first kappa shape index (κ1) is 10.5. The van der Waals surface area contributed by atoms with Gasteiger partial charge in [-0.1, -0.05) is 33.9 Å². The van der Waals surface area contributed by atoms with Gasteiger partial charge in [0.05, 0.1) is 6.33 Å². The van der Waals surface area contributed by atoms with E-state index in [9.17, 15) is 0 Å². The van der Waals surface area contributed by atoms with Gasteiger partial charge in [-0.25, -0.2) is 4.98 Å². The standard InChI is InChI=1S/C10H20N2Si/c1-10(2,3)13(5,6)9-7-11-8-12(9)4/h7-8H,1-6H3. The predicted octanol–water partition coefficient (Wildman–Crippen LogP) is 2.14. The van der Waals surface area contributed by atoms with Crippen LogP contribution in [0.15, 0.2) is 12.5 Å². The van der Waals surface area contributed by atoms with Crippen molar-refractivity contribution in [3.8, 4) is 0 Å². The monoisotopic (exact) mass is 196 g/mol. The molecular weight excluding hydrogens is 176 g/mol. The number of nitrogens with zero attached hydrogens (tertiary/aromatic N) is 2. The Morgan fingerprint density at radius 2 is 1.85 bits per heavy atom. The smallest absolute Gasteiger partial charge is 0.109 e. The summed E-state index contributed by atoms with van der Waals surface area (Å²) in [5, 5.41) is 1.82. The minimum atomic E-state index is -1.37. The number of aryl methyl sites for hydroxylation is 1. The summed E-state index contributed by atoms with van der Waals surface area (Å²) in [7, 11) is 0.713. The lowest BCUT2D eigenvalue weighted by atomic mass is 10.2. The third-order valence-corrected chi connectivity index (χ3v) is 8.84. The van der Waals surface area contributed by atoms with Crippen molar-refractivity contribution >= 4 is 13.4 Å². The van der Waals surface area contributed by atoms with Gasteiger partial charge < -0.3 is 4.57 Å². The molecule has 3 heteroatoms. The van der Waals surface area contributed by atoms with Gasteiger partial charge in [0.15, 0.2) is 0 Å². The molecule has 0 radical (unpaired) electrons. The fourth-order valence-electron chi connectivity index (χ4n) is 1.34. The molecule has 1 aromatic rings. The molecule has 0 unspecified atom stereocenters. The van der Waals surface area contributed by atoms with Gasteiger partial charge in [-0.2, -0.15) is 0 Å². The number of aromatic nitrogens is 2. The number of imidazole rings is 1. The van der Waals surface area contributed by atoms with Crippen molar-refractivity contribution in [3.63, 3.8) is 0 Å². The maximum Gasteiger partial charge on any atom is 0.109 e. The van der Waals surface area contributed by atoms with Gasteiger partial charge in [-0.15, -0.1) is 0 Å². The van der Waals surface area contributed by atoms with Crippen molar-refractivity contribution in [2.75, 3.05) is 0 Å². The Hall–Kier alpha value is -0.573. The fourth-order valence-corrected chi connectivity index (χ4v) is 3.45. The lowest BCUT2D eigenvalue weighted by molar-refractivity contribution is 0.724. The first-order valence-electron chi connectivity index (χ1n) is 4.73. The van der Waals surface area contributed by atoms with E-state index in [1.54, 1.807) is 0 Å². The van der Waals surface area contributed by atoms with Crippen LogP contribution in [0.25, 0.3) is 0 Å². The lowest BCUT2D eigenvalue weighted by Crippen LogP contribution is -2.52. The van der Waals surface area contributed by atoms with Gasteiger partial charge in [-0.05, 0) is 5.04 Å². The maximum atomic E-state index is 4.20. The lowest BCUT2D eigenvalue weighted by Gasteiger charge is -2.36. The molecule has 1 rings (SSSR count). The molecule has 0 atom stereocenters. The summed E-state index contributed by atoms with van der Waals surface area (Å²) in [6, 6.07) is 0. The number of hydrogen-bond acceptors (Lipinski definition) is 1. The van der Waals surface area contributed by atoms with Crippen molar-refractivity contribution in [1.29, 1.82) is 0 Å². The molecule has 0 aromatic carbocycles. The first-order chi connectivity index (χ1) is 5.77. The summed E-state index contributed by atoms with van der Waals surface area (Å²) in [5.41, 5.74) is 0. The van der Waals surface area contributed by atoms with Crippen molar-refractivity contribution in [2.45, 2.75) is 38.9 Å². The summed E-state index contributed by atoms with van der Waals surface area (Å²) in [6.45, 7) is 11.8. The Morgan fingerprint density at radius 3 is 2.15 bits per heavy atom. The highest BCUT2D eigenvalue weighted by Gasteiger charge is 2.38. The molecule has 1 aromatic heterocycles. The Kier molecular flexibility index (Phi) is 2.41. The second-order valence-corrected chi connectivity index (χ2v) is 10.5. The van der Waals surface area contributed by atoms with Crippen molar-refractivity contribution < 1.29 is 0 Å². The molecule has 0 amide bonds. The first-order valence-corrected chi connectivity index (χ1v) is 7.73. The summed E-state index contributed by atoms with van der Waals surface area (Å²) < 4.78 is 2.16. The molecule has 0 aliphatic rings. The minimum absolute atomic E-state index is 0.390. The third-order valence-electron chi connectivity index (χ3n) is 3.33. The summed E-state index contributed by atoms with van der Waals surface area (Å²) in [6.07, 6.45) is 3.92. The summed E-state index contributed by atoms with van der Waals surface area (Å²) in [5.74, 6) is 0. The Morgan fingerprint density at radius 1 is 1.31 bits per heavy atom. The maximum absolute atomic E-state index is 4.20. The van der Waals surface area contributed by atoms with Crippen LogP contribution in [0.1, 0.15) is 20.8 Å². The third kappa shape index (κ3) is 1.70. The molecule has 0 N–H and O–H groups in total. The van der Waals surface area contributed by atoms with E-state index in [2.05, 4.69) is 50.5 Å². The molecule has 74 valence electrons. The predicted molar refractivity (Wildman–Crippen MR) is 60.0 cm³/mol. The molecule has 0 spiro atoms. The van der Waals surface area contributed by atoms with Crippen LogP contribution >= 0.6 is 0 Å². The topological polar surface area (TPSA) is 17.8 Å². The molecular formula is C10H20N2Si. The quantitative estimate of drug-likeness (QED) is 0.629. The Balaban J connectivity index is 3.15. The van der Waals surface area contributed by atoms with E-state index in [0.717, 1.165) is 0 Å². The average Bonchev–Trinajstić information content (AvgIpc) is 2.32. The van der Waals surface area contributed by atoms with Crippen molar-refractivity contribution in [2.24, 2.45) is 7.05 Å². The highest BCUT2D eigenvalue weighted by molar-refractivity contribution is 6.91. The van der Waals surface area contributed by atoms with Crippen molar-refractivity contribution in [3.05, 3.63) is 12.5 Å². The molecule has 13 heavy (non-hydrogen) atoms. The summed E-state index contributed by atoms with van der Waals surface area (Å²) >= 11 is 0. The van der Waals surface area contributed by atoms with E-state index in [0.29, 0.717) is 5.04 Å². The van der Waals surface area contributed by atoms with Crippen LogP contribution in [0.4, 0.5) is 0 Å². The molecule has 0 aliphatic carbocycles. The molecule has 0 bridgehead atoms. The SMILES string of the molecule is Cn1cncc1[Si](C)(C)C(C)(C)C. The molecule has 0 saturated carbocycles. The highest BCUT2D eigenvalue weighted by atomic mass is 28.3. The Labute approximate surface area is 82.0 Å². The number of hydrogen-bond donors (Lipinski definition) is 0. The fraction of sp³-hybridized carbons (Fsp3) is 0.700. The van der Waals surface area contributed by atoms with Gasteiger partial charge in [0.1, 0.15) is 8.07 Å². The van der Waals surface area contributed by atoms with E-state index in [-0.39, 0.29) is 0 Å². The van der Waals surface area contributed by atoms with Gasteiger partial charge in [0, 0.05) is 18.6 Å². The second-order valence-electron chi connectivity index (χ2n) is 5.26. The molecule has 1 heterocycles. The van der Waals surface area contributed by atoms with Gasteiger partial charge in [0.25, 0.3) is 0 Å². The normalized spacial score (nSPS) is 13.4. The van der Waals surface area contributed by atoms with Gasteiger partial charge >= 0.3 is 0 Å². The van der Waals surface area contributed by atoms with E-state index < -0.39 is 8.07 Å². The average molecular weight is 196 g/mol. The Bertz CT molecular complexity index is 294. The largest absolute Gasteiger partial charge is 0.342 e. The highest BCUT2D eigenvalue weighted by Crippen LogP contribution is 2.35. The van der Waals surface area contributed by atoms with Gasteiger partial charge in [-0.3, -0.25) is 0 Å². The van der Waals surface area contributed by atoms with Crippen molar-refractivity contribution in [1.82, 2.24) is 9.55 Å². The zero-order valence-electron chi connectivity index (χ0n) is 9.55. The van der Waals surface area contributed by atoms with Crippen LogP contribution in [0.3, 0.4) is 0 Å². The minimum Gasteiger partial charge on any atom is -0.342 e. The number of rotatable bonds is 1. The zero-order valence-corrected chi connectivity index (χ0v) is 10.5. The zero-order chi connectivity index (χ0) is 10.3. The van der Waals surface area contributed by atoms with Crippen LogP contribution in [0.2, 0.25) is 18.1 Å². The molecule has 0 aliphatic heterocycles. The molecule has 0 fully saturated rings. The second kappa shape index (κ2) is 2.98. The van der Waals surface area contributed by atoms with Crippen LogP contribution in [-0.2, 0) is 7.05 Å². The molecule has 2 nitrogen and oxygen atoms in total. The van der Waals surface area contributed by atoms with E-state index in [1.807, 2.05) is 12.5 Å². The van der Waals surface area contributed by atoms with Crippen LogP contribution < -0.4 is 5.32 Å². The summed E-state index contributed by atoms with van der Waals surface area (Å²) in [4.78, 5) is 4.20. The van der Waals surface area contributed by atoms with E-state index in [4.69, 9.17) is 0 Å².